The van der Waals surface area contributed by atoms with Gasteiger partial charge in [-0.15, -0.1) is 11.6 Å². The van der Waals surface area contributed by atoms with E-state index in [9.17, 15) is 4.39 Å². The molecule has 0 saturated carbocycles. The molecule has 0 unspecified atom stereocenters. The molecule has 3 rings (SSSR count). The third kappa shape index (κ3) is 2.07. The highest BCUT2D eigenvalue weighted by atomic mass is 35.5. The van der Waals surface area contributed by atoms with Crippen molar-refractivity contribution in [2.45, 2.75) is 12.8 Å². The molecule has 0 atom stereocenters. The summed E-state index contributed by atoms with van der Waals surface area (Å²) < 4.78 is 15.9. The van der Waals surface area contributed by atoms with Crippen molar-refractivity contribution in [2.75, 3.05) is 0 Å². The van der Waals surface area contributed by atoms with Crippen molar-refractivity contribution in [3.05, 3.63) is 58.6 Å². The quantitative estimate of drug-likeness (QED) is 0.618. The van der Waals surface area contributed by atoms with Crippen LogP contribution in [0, 0.1) is 12.7 Å². The van der Waals surface area contributed by atoms with Gasteiger partial charge in [0.25, 0.3) is 0 Å². The molecule has 0 aliphatic carbocycles. The van der Waals surface area contributed by atoms with Gasteiger partial charge in [0.1, 0.15) is 17.3 Å². The van der Waals surface area contributed by atoms with Crippen molar-refractivity contribution in [1.29, 1.82) is 0 Å². The monoisotopic (exact) mass is 308 g/mol. The first-order valence-electron chi connectivity index (χ1n) is 6.10. The molecule has 1 heterocycles. The lowest BCUT2D eigenvalue weighted by atomic mass is 10.2. The van der Waals surface area contributed by atoms with E-state index in [1.807, 2.05) is 25.1 Å². The van der Waals surface area contributed by atoms with E-state index in [4.69, 9.17) is 23.2 Å². The Kier molecular flexibility index (Phi) is 3.40. The Morgan fingerprint density at radius 3 is 2.75 bits per heavy atom. The molecular formula is C15H11Cl2FN2. The number of hydrogen-bond donors (Lipinski definition) is 0. The van der Waals surface area contributed by atoms with Crippen molar-refractivity contribution in [1.82, 2.24) is 9.55 Å². The molecule has 5 heteroatoms. The van der Waals surface area contributed by atoms with Crippen LogP contribution in [0.25, 0.3) is 16.7 Å². The Morgan fingerprint density at radius 2 is 2.05 bits per heavy atom. The summed E-state index contributed by atoms with van der Waals surface area (Å²) in [7, 11) is 0. The maximum atomic E-state index is 14.2. The standard InChI is InChI=1S/C15H11Cl2FN2/c1-9-5-6-12-13(7-9)20(14(8-16)19-12)15-10(17)3-2-4-11(15)18/h2-7H,8H2,1H3. The summed E-state index contributed by atoms with van der Waals surface area (Å²) >= 11 is 12.1. The highest BCUT2D eigenvalue weighted by Crippen LogP contribution is 2.30. The molecule has 2 nitrogen and oxygen atoms in total. The second-order valence-electron chi connectivity index (χ2n) is 4.56. The average molecular weight is 309 g/mol. The van der Waals surface area contributed by atoms with Gasteiger partial charge in [0.2, 0.25) is 0 Å². The zero-order valence-electron chi connectivity index (χ0n) is 10.7. The van der Waals surface area contributed by atoms with Gasteiger partial charge < -0.3 is 0 Å². The smallest absolute Gasteiger partial charge is 0.148 e. The van der Waals surface area contributed by atoms with Gasteiger partial charge in [-0.25, -0.2) is 9.37 Å². The lowest BCUT2D eigenvalue weighted by Crippen LogP contribution is -2.03. The first-order chi connectivity index (χ1) is 9.61. The molecule has 2 aromatic carbocycles. The maximum absolute atomic E-state index is 14.2. The van der Waals surface area contributed by atoms with Gasteiger partial charge in [0.15, 0.2) is 0 Å². The number of fused-ring (bicyclic) bond motifs is 1. The van der Waals surface area contributed by atoms with Crippen LogP contribution in [0.15, 0.2) is 36.4 Å². The lowest BCUT2D eigenvalue weighted by molar-refractivity contribution is 0.618. The molecule has 0 amide bonds. The van der Waals surface area contributed by atoms with E-state index in [2.05, 4.69) is 4.98 Å². The van der Waals surface area contributed by atoms with E-state index in [1.165, 1.54) is 6.07 Å². The molecule has 0 saturated heterocycles. The van der Waals surface area contributed by atoms with Crippen molar-refractivity contribution < 1.29 is 4.39 Å². The number of nitrogens with zero attached hydrogens (tertiary/aromatic N) is 2. The SMILES string of the molecule is Cc1ccc2nc(CCl)n(-c3c(F)cccc3Cl)c2c1. The van der Waals surface area contributed by atoms with Gasteiger partial charge >= 0.3 is 0 Å². The summed E-state index contributed by atoms with van der Waals surface area (Å²) in [6.07, 6.45) is 0. The minimum Gasteiger partial charge on any atom is -0.291 e. The molecule has 3 aromatic rings. The van der Waals surface area contributed by atoms with E-state index >= 15 is 0 Å². The third-order valence-corrected chi connectivity index (χ3v) is 3.70. The minimum absolute atomic E-state index is 0.179. The fraction of sp³-hybridized carbons (Fsp3) is 0.133. The second-order valence-corrected chi connectivity index (χ2v) is 5.23. The number of imidazole rings is 1. The number of aryl methyl sites for hydroxylation is 1. The Balaban J connectivity index is 2.42. The molecule has 0 fully saturated rings. The van der Waals surface area contributed by atoms with Crippen LogP contribution in [-0.4, -0.2) is 9.55 Å². The normalized spacial score (nSPS) is 11.2. The fourth-order valence-electron chi connectivity index (χ4n) is 2.28. The summed E-state index contributed by atoms with van der Waals surface area (Å²) in [5.74, 6) is 0.349. The van der Waals surface area contributed by atoms with Crippen LogP contribution in [0.1, 0.15) is 11.4 Å². The predicted octanol–water partition coefficient (Wildman–Crippen LogP) is 4.87. The fourth-order valence-corrected chi connectivity index (χ4v) is 2.70. The van der Waals surface area contributed by atoms with Gasteiger partial charge in [0, 0.05) is 0 Å². The molecule has 0 radical (unpaired) electrons. The summed E-state index contributed by atoms with van der Waals surface area (Å²) in [4.78, 5) is 4.44. The highest BCUT2D eigenvalue weighted by molar-refractivity contribution is 6.32. The Labute approximate surface area is 125 Å². The van der Waals surface area contributed by atoms with Gasteiger partial charge in [-0.2, -0.15) is 0 Å². The summed E-state index contributed by atoms with van der Waals surface area (Å²) in [5.41, 5.74) is 2.92. The van der Waals surface area contributed by atoms with E-state index in [0.717, 1.165) is 16.6 Å². The number of para-hydroxylation sites is 1. The van der Waals surface area contributed by atoms with Crippen molar-refractivity contribution in [2.24, 2.45) is 0 Å². The van der Waals surface area contributed by atoms with E-state index in [1.54, 1.807) is 16.7 Å². The van der Waals surface area contributed by atoms with E-state index in [0.29, 0.717) is 10.8 Å². The number of alkyl halides is 1. The van der Waals surface area contributed by atoms with Crippen LogP contribution in [0.4, 0.5) is 4.39 Å². The maximum Gasteiger partial charge on any atom is 0.148 e. The van der Waals surface area contributed by atoms with E-state index < -0.39 is 5.82 Å². The number of hydrogen-bond acceptors (Lipinski definition) is 1. The molecule has 0 bridgehead atoms. The lowest BCUT2D eigenvalue weighted by Gasteiger charge is -2.11. The van der Waals surface area contributed by atoms with Crippen LogP contribution in [-0.2, 0) is 5.88 Å². The molecule has 0 aliphatic heterocycles. The second kappa shape index (κ2) is 5.08. The molecule has 0 aliphatic rings. The zero-order chi connectivity index (χ0) is 14.3. The number of aromatic nitrogens is 2. The van der Waals surface area contributed by atoms with Crippen LogP contribution < -0.4 is 0 Å². The van der Waals surface area contributed by atoms with Crippen molar-refractivity contribution >= 4 is 34.2 Å². The van der Waals surface area contributed by atoms with Gasteiger partial charge in [0.05, 0.1) is 21.9 Å². The van der Waals surface area contributed by atoms with Crippen LogP contribution in [0.3, 0.4) is 0 Å². The van der Waals surface area contributed by atoms with Gasteiger partial charge in [-0.05, 0) is 36.8 Å². The Morgan fingerprint density at radius 1 is 1.25 bits per heavy atom. The molecule has 0 N–H and O–H groups in total. The minimum atomic E-state index is -0.398. The van der Waals surface area contributed by atoms with E-state index in [-0.39, 0.29) is 11.6 Å². The summed E-state index contributed by atoms with van der Waals surface area (Å²) in [6.45, 7) is 1.97. The van der Waals surface area contributed by atoms with Crippen LogP contribution >= 0.6 is 23.2 Å². The first-order valence-corrected chi connectivity index (χ1v) is 7.01. The van der Waals surface area contributed by atoms with Gasteiger partial charge in [-0.3, -0.25) is 4.57 Å². The topological polar surface area (TPSA) is 17.8 Å². The van der Waals surface area contributed by atoms with Crippen molar-refractivity contribution in [3.63, 3.8) is 0 Å². The predicted molar refractivity (Wildman–Crippen MR) is 80.3 cm³/mol. The summed E-state index contributed by atoms with van der Waals surface area (Å²) in [5, 5.41) is 0.331. The molecule has 0 spiro atoms. The molecule has 102 valence electrons. The highest BCUT2D eigenvalue weighted by Gasteiger charge is 2.17. The molecule has 20 heavy (non-hydrogen) atoms. The zero-order valence-corrected chi connectivity index (χ0v) is 12.2. The first kappa shape index (κ1) is 13.4. The third-order valence-electron chi connectivity index (χ3n) is 3.16. The average Bonchev–Trinajstić information content (AvgIpc) is 2.77. The summed E-state index contributed by atoms with van der Waals surface area (Å²) in [6, 6.07) is 10.4. The van der Waals surface area contributed by atoms with Crippen molar-refractivity contribution in [3.8, 4) is 5.69 Å². The molecular weight excluding hydrogens is 298 g/mol. The van der Waals surface area contributed by atoms with Crippen LogP contribution in [0.2, 0.25) is 5.02 Å². The molecule has 1 aromatic heterocycles. The number of rotatable bonds is 2. The largest absolute Gasteiger partial charge is 0.291 e. The Hall–Kier alpha value is -1.58. The number of halogens is 3. The van der Waals surface area contributed by atoms with Gasteiger partial charge in [-0.1, -0.05) is 23.7 Å². The van der Waals surface area contributed by atoms with Crippen LogP contribution in [0.5, 0.6) is 0 Å². The number of benzene rings is 2. The Bertz CT molecular complexity index is 776.